The molecule has 0 saturated heterocycles. The topological polar surface area (TPSA) is 32.9 Å². The first kappa shape index (κ1) is 8.87. The Hall–Kier alpha value is -1.22. The summed E-state index contributed by atoms with van der Waals surface area (Å²) >= 11 is 0. The number of hydrogen-bond acceptors (Lipinski definition) is 1. The predicted molar refractivity (Wildman–Crippen MR) is 54.9 cm³/mol. The van der Waals surface area contributed by atoms with Gasteiger partial charge in [0.05, 0.1) is 0 Å². The Labute approximate surface area is 76.7 Å². The van der Waals surface area contributed by atoms with Crippen LogP contribution in [0.25, 0.3) is 10.9 Å². The van der Waals surface area contributed by atoms with Crippen molar-refractivity contribution in [1.29, 1.82) is 0 Å². The molecule has 2 aromatic rings. The maximum absolute atomic E-state index is 10.8. The van der Waals surface area contributed by atoms with Gasteiger partial charge in [0.1, 0.15) is 0 Å². The molecule has 62 valence electrons. The van der Waals surface area contributed by atoms with Gasteiger partial charge in [-0.05, 0) is 17.5 Å². The first-order valence-corrected chi connectivity index (χ1v) is 3.44. The van der Waals surface area contributed by atoms with Crippen LogP contribution in [-0.4, -0.2) is 4.98 Å². The van der Waals surface area contributed by atoms with Crippen LogP contribution in [0.3, 0.4) is 0 Å². The molecule has 2 rings (SSSR count). The first-order valence-electron chi connectivity index (χ1n) is 3.44. The smallest absolute Gasteiger partial charge is 0.248 e. The second-order valence-corrected chi connectivity index (χ2v) is 2.41. The Morgan fingerprint density at radius 3 is 2.58 bits per heavy atom. The summed E-state index contributed by atoms with van der Waals surface area (Å²) in [5.74, 6) is 0. The predicted octanol–water partition coefficient (Wildman–Crippen LogP) is 1.64. The van der Waals surface area contributed by atoms with E-state index in [0.717, 1.165) is 10.9 Å². The molecule has 0 aliphatic carbocycles. The molecule has 0 saturated carbocycles. The van der Waals surface area contributed by atoms with Gasteiger partial charge in [0, 0.05) is 11.6 Å². The van der Waals surface area contributed by atoms with Gasteiger partial charge >= 0.3 is 0 Å². The monoisotopic (exact) mass is 179 g/mol. The van der Waals surface area contributed by atoms with Crippen molar-refractivity contribution in [2.24, 2.45) is 0 Å². The molecule has 2 nitrogen and oxygen atoms in total. The summed E-state index contributed by atoms with van der Waals surface area (Å²) in [6.45, 7) is 0. The lowest BCUT2D eigenvalue weighted by molar-refractivity contribution is 1.31. The molecule has 0 atom stereocenters. The van der Waals surface area contributed by atoms with E-state index in [1.807, 2.05) is 30.3 Å². The number of fused-ring (bicyclic) bond motifs is 1. The Morgan fingerprint density at radius 1 is 1.00 bits per heavy atom. The SMILES string of the molecule is O=c1ccc2ccccc2[nH]1.S. The summed E-state index contributed by atoms with van der Waals surface area (Å²) in [5.41, 5.74) is 0.837. The summed E-state index contributed by atoms with van der Waals surface area (Å²) in [7, 11) is 0. The number of para-hydroxylation sites is 1. The Bertz CT molecular complexity index is 435. The highest BCUT2D eigenvalue weighted by Gasteiger charge is 1.89. The van der Waals surface area contributed by atoms with Crippen molar-refractivity contribution in [2.75, 3.05) is 0 Å². The van der Waals surface area contributed by atoms with Gasteiger partial charge in [-0.15, -0.1) is 0 Å². The zero-order chi connectivity index (χ0) is 7.68. The van der Waals surface area contributed by atoms with Crippen molar-refractivity contribution in [1.82, 2.24) is 4.98 Å². The molecule has 0 unspecified atom stereocenters. The lowest BCUT2D eigenvalue weighted by atomic mass is 10.2. The highest BCUT2D eigenvalue weighted by atomic mass is 32.1. The summed E-state index contributed by atoms with van der Waals surface area (Å²) in [6, 6.07) is 11.0. The van der Waals surface area contributed by atoms with E-state index in [1.165, 1.54) is 6.07 Å². The number of nitrogens with one attached hydrogen (secondary N) is 1. The number of hydrogen-bond donors (Lipinski definition) is 1. The summed E-state index contributed by atoms with van der Waals surface area (Å²) < 4.78 is 0. The zero-order valence-electron chi connectivity index (χ0n) is 6.37. The molecule has 0 spiro atoms. The first-order chi connectivity index (χ1) is 5.36. The summed E-state index contributed by atoms with van der Waals surface area (Å²) in [4.78, 5) is 13.6. The molecule has 1 aromatic carbocycles. The van der Waals surface area contributed by atoms with E-state index in [1.54, 1.807) is 0 Å². The molecule has 1 N–H and O–H groups in total. The number of aromatic nitrogens is 1. The fraction of sp³-hybridized carbons (Fsp3) is 0. The van der Waals surface area contributed by atoms with Crippen LogP contribution in [0.2, 0.25) is 0 Å². The largest absolute Gasteiger partial charge is 0.322 e. The average molecular weight is 179 g/mol. The standard InChI is InChI=1S/C9H7NO.H2S/c11-9-6-5-7-3-1-2-4-8(7)10-9;/h1-6H,(H,10,11);1H2. The Balaban J connectivity index is 0.000000720. The van der Waals surface area contributed by atoms with E-state index in [-0.39, 0.29) is 19.1 Å². The molecular weight excluding hydrogens is 170 g/mol. The van der Waals surface area contributed by atoms with Gasteiger partial charge < -0.3 is 4.98 Å². The maximum Gasteiger partial charge on any atom is 0.248 e. The van der Waals surface area contributed by atoms with Crippen LogP contribution in [0.4, 0.5) is 0 Å². The van der Waals surface area contributed by atoms with Gasteiger partial charge in [-0.1, -0.05) is 18.2 Å². The minimum Gasteiger partial charge on any atom is -0.322 e. The molecule has 3 heteroatoms. The summed E-state index contributed by atoms with van der Waals surface area (Å²) in [6.07, 6.45) is 0. The van der Waals surface area contributed by atoms with Crippen LogP contribution >= 0.6 is 13.5 Å². The molecular formula is C9H9NOS. The van der Waals surface area contributed by atoms with Gasteiger partial charge in [0.25, 0.3) is 0 Å². The van der Waals surface area contributed by atoms with E-state index in [4.69, 9.17) is 0 Å². The normalized spacial score (nSPS) is 9.33. The molecule has 0 aliphatic rings. The molecule has 12 heavy (non-hydrogen) atoms. The van der Waals surface area contributed by atoms with Gasteiger partial charge in [0.15, 0.2) is 0 Å². The van der Waals surface area contributed by atoms with E-state index < -0.39 is 0 Å². The third-order valence-corrected chi connectivity index (χ3v) is 1.63. The fourth-order valence-corrected chi connectivity index (χ4v) is 1.10. The molecule has 0 bridgehead atoms. The zero-order valence-corrected chi connectivity index (χ0v) is 7.37. The van der Waals surface area contributed by atoms with E-state index in [2.05, 4.69) is 4.98 Å². The number of H-pyrrole nitrogens is 1. The van der Waals surface area contributed by atoms with Crippen molar-refractivity contribution in [3.63, 3.8) is 0 Å². The highest BCUT2D eigenvalue weighted by molar-refractivity contribution is 7.59. The number of rotatable bonds is 0. The van der Waals surface area contributed by atoms with Gasteiger partial charge in [-0.25, -0.2) is 0 Å². The highest BCUT2D eigenvalue weighted by Crippen LogP contribution is 2.06. The molecule has 0 fully saturated rings. The minimum atomic E-state index is -0.0521. The lowest BCUT2D eigenvalue weighted by Crippen LogP contribution is -2.01. The van der Waals surface area contributed by atoms with Crippen LogP contribution in [0, 0.1) is 0 Å². The molecule has 1 aromatic heterocycles. The Morgan fingerprint density at radius 2 is 1.75 bits per heavy atom. The average Bonchev–Trinajstić information content (AvgIpc) is 2.04. The van der Waals surface area contributed by atoms with Gasteiger partial charge in [-0.3, -0.25) is 4.79 Å². The molecule has 0 amide bonds. The van der Waals surface area contributed by atoms with E-state index in [9.17, 15) is 4.79 Å². The Kier molecular flexibility index (Phi) is 2.55. The van der Waals surface area contributed by atoms with Crippen molar-refractivity contribution in [2.45, 2.75) is 0 Å². The van der Waals surface area contributed by atoms with E-state index in [0.29, 0.717) is 0 Å². The van der Waals surface area contributed by atoms with Crippen molar-refractivity contribution in [3.05, 3.63) is 46.8 Å². The second kappa shape index (κ2) is 3.45. The molecule has 0 radical (unpaired) electrons. The van der Waals surface area contributed by atoms with Gasteiger partial charge in [0.2, 0.25) is 5.56 Å². The fourth-order valence-electron chi connectivity index (χ4n) is 1.10. The van der Waals surface area contributed by atoms with Crippen molar-refractivity contribution >= 4 is 24.4 Å². The molecule has 0 aliphatic heterocycles. The second-order valence-electron chi connectivity index (χ2n) is 2.41. The van der Waals surface area contributed by atoms with Crippen molar-refractivity contribution < 1.29 is 0 Å². The third kappa shape index (κ3) is 1.51. The maximum atomic E-state index is 10.8. The molecule has 1 heterocycles. The number of pyridine rings is 1. The minimum absolute atomic E-state index is 0. The van der Waals surface area contributed by atoms with Gasteiger partial charge in [-0.2, -0.15) is 13.5 Å². The summed E-state index contributed by atoms with van der Waals surface area (Å²) in [5, 5.41) is 1.06. The van der Waals surface area contributed by atoms with Crippen LogP contribution in [0.15, 0.2) is 41.2 Å². The number of benzene rings is 1. The van der Waals surface area contributed by atoms with Crippen LogP contribution in [-0.2, 0) is 0 Å². The van der Waals surface area contributed by atoms with E-state index >= 15 is 0 Å². The van der Waals surface area contributed by atoms with Crippen LogP contribution in [0.1, 0.15) is 0 Å². The van der Waals surface area contributed by atoms with Crippen LogP contribution in [0.5, 0.6) is 0 Å². The quantitative estimate of drug-likeness (QED) is 0.655. The van der Waals surface area contributed by atoms with Crippen molar-refractivity contribution in [3.8, 4) is 0 Å². The van der Waals surface area contributed by atoms with Crippen LogP contribution < -0.4 is 5.56 Å². The third-order valence-electron chi connectivity index (χ3n) is 1.63. The number of aromatic amines is 1. The lowest BCUT2D eigenvalue weighted by Gasteiger charge is -1.93.